The number of hydrogen-bond donors (Lipinski definition) is 4. The van der Waals surface area contributed by atoms with Crippen molar-refractivity contribution in [1.29, 1.82) is 4.78 Å². The number of aliphatic imine (C=N–C) groups is 1. The van der Waals surface area contributed by atoms with Gasteiger partial charge in [0.05, 0.1) is 27.2 Å². The van der Waals surface area contributed by atoms with Gasteiger partial charge in [-0.05, 0) is 42.0 Å². The fourth-order valence-corrected chi connectivity index (χ4v) is 3.88. The number of fused-ring (bicyclic) bond motifs is 1. The molecule has 1 aliphatic heterocycles. The Morgan fingerprint density at radius 1 is 1.21 bits per heavy atom. The van der Waals surface area contributed by atoms with E-state index in [1.807, 2.05) is 47.9 Å². The molecule has 3 aromatic rings. The third-order valence-corrected chi connectivity index (χ3v) is 5.80. The van der Waals surface area contributed by atoms with Crippen molar-refractivity contribution in [2.75, 3.05) is 23.6 Å². The third kappa shape index (κ3) is 4.61. The number of nitrogens with zero attached hydrogens (tertiary/aromatic N) is 2. The van der Waals surface area contributed by atoms with Gasteiger partial charge in [0.25, 0.3) is 0 Å². The number of aromatic nitrogens is 1. The Morgan fingerprint density at radius 3 is 2.90 bits per heavy atom. The third-order valence-electron chi connectivity index (χ3n) is 4.65. The van der Waals surface area contributed by atoms with Crippen LogP contribution in [-0.2, 0) is 16.3 Å². The molecule has 0 saturated carbocycles. The van der Waals surface area contributed by atoms with Crippen LogP contribution in [0.15, 0.2) is 76.9 Å². The van der Waals surface area contributed by atoms with Crippen molar-refractivity contribution in [1.82, 2.24) is 4.98 Å². The lowest BCUT2D eigenvalue weighted by molar-refractivity contribution is -0.443. The molecule has 7 nitrogen and oxygen atoms in total. The predicted molar refractivity (Wildman–Crippen MR) is 116 cm³/mol. The van der Waals surface area contributed by atoms with E-state index < -0.39 is 9.73 Å². The molecule has 0 aliphatic carbocycles. The molecule has 2 aromatic carbocycles. The Hall–Kier alpha value is -3.23. The first-order chi connectivity index (χ1) is 14.0. The van der Waals surface area contributed by atoms with Crippen molar-refractivity contribution in [3.05, 3.63) is 78.1 Å². The molecule has 1 aromatic heterocycles. The van der Waals surface area contributed by atoms with Gasteiger partial charge in [-0.3, -0.25) is 10.3 Å². The molecule has 0 saturated heterocycles. The van der Waals surface area contributed by atoms with Crippen LogP contribution in [0.1, 0.15) is 11.1 Å². The minimum Gasteiger partial charge on any atom is -0.381 e. The first kappa shape index (κ1) is 19.1. The van der Waals surface area contributed by atoms with E-state index in [-0.39, 0.29) is 0 Å². The normalized spacial score (nSPS) is 14.9. The standard InChI is InChI=1S/C21H22N6OS/c1-29(22,28)18-6-2-4-15(10-18)12-24-16-7-8-19-20(11-16)25-14-26-21(19)27-17-5-3-9-23-13-17/h2-11,13,22,24-25H,12,14H2,1H3,(H,26,27)/p+1. The zero-order valence-electron chi connectivity index (χ0n) is 16.1. The van der Waals surface area contributed by atoms with Crippen LogP contribution in [0.3, 0.4) is 0 Å². The molecular formula is C21H23N6OS+. The van der Waals surface area contributed by atoms with Crippen molar-refractivity contribution in [2.24, 2.45) is 4.99 Å². The summed E-state index contributed by atoms with van der Waals surface area (Å²) in [6, 6.07) is 17.4. The molecule has 5 N–H and O–H groups in total. The molecule has 148 valence electrons. The first-order valence-electron chi connectivity index (χ1n) is 9.23. The van der Waals surface area contributed by atoms with Gasteiger partial charge >= 0.3 is 0 Å². The van der Waals surface area contributed by atoms with E-state index in [1.165, 1.54) is 6.26 Å². The summed E-state index contributed by atoms with van der Waals surface area (Å²) in [6.45, 7) is 1.11. The quantitative estimate of drug-likeness (QED) is 0.522. The second kappa shape index (κ2) is 8.02. The molecule has 1 atom stereocenters. The Morgan fingerprint density at radius 2 is 2.10 bits per heavy atom. The lowest BCUT2D eigenvalue weighted by Gasteiger charge is -2.18. The highest BCUT2D eigenvalue weighted by atomic mass is 32.2. The molecule has 1 unspecified atom stereocenters. The second-order valence-corrected chi connectivity index (χ2v) is 9.07. The number of quaternary nitrogens is 1. The van der Waals surface area contributed by atoms with Crippen LogP contribution in [0.25, 0.3) is 0 Å². The maximum Gasteiger partial charge on any atom is 0.236 e. The number of nitrogens with two attached hydrogens (primary N) is 1. The summed E-state index contributed by atoms with van der Waals surface area (Å²) in [5.41, 5.74) is 5.06. The highest BCUT2D eigenvalue weighted by Crippen LogP contribution is 2.24. The van der Waals surface area contributed by atoms with Gasteiger partial charge in [-0.1, -0.05) is 12.1 Å². The van der Waals surface area contributed by atoms with Crippen LogP contribution in [0, 0.1) is 4.78 Å². The lowest BCUT2D eigenvalue weighted by atomic mass is 10.1. The summed E-state index contributed by atoms with van der Waals surface area (Å²) in [5.74, 6) is 0.930. The number of hydrogen-bond acceptors (Lipinski definition) is 6. The molecule has 2 heterocycles. The zero-order chi connectivity index (χ0) is 20.3. The minimum atomic E-state index is -2.71. The Balaban J connectivity index is 1.48. The van der Waals surface area contributed by atoms with Gasteiger partial charge in [0.1, 0.15) is 6.67 Å². The number of nitrogens with one attached hydrogen (secondary N) is 3. The summed E-state index contributed by atoms with van der Waals surface area (Å²) in [4.78, 5) is 9.28. The van der Waals surface area contributed by atoms with Crippen molar-refractivity contribution >= 4 is 32.6 Å². The lowest BCUT2D eigenvalue weighted by Crippen LogP contribution is -2.83. The molecule has 4 rings (SSSR count). The smallest absolute Gasteiger partial charge is 0.236 e. The summed E-state index contributed by atoms with van der Waals surface area (Å²) < 4.78 is 19.7. The van der Waals surface area contributed by atoms with E-state index in [1.54, 1.807) is 12.3 Å². The maximum atomic E-state index is 12.0. The average molecular weight is 408 g/mol. The van der Waals surface area contributed by atoms with E-state index >= 15 is 0 Å². The molecule has 29 heavy (non-hydrogen) atoms. The van der Waals surface area contributed by atoms with Crippen LogP contribution in [-0.4, -0.2) is 28.0 Å². The number of rotatable bonds is 5. The average Bonchev–Trinajstić information content (AvgIpc) is 2.73. The molecule has 0 radical (unpaired) electrons. The van der Waals surface area contributed by atoms with Crippen molar-refractivity contribution in [3.63, 3.8) is 0 Å². The number of anilines is 2. The van der Waals surface area contributed by atoms with E-state index in [4.69, 9.17) is 4.78 Å². The van der Waals surface area contributed by atoms with Gasteiger partial charge in [0.15, 0.2) is 5.69 Å². The van der Waals surface area contributed by atoms with E-state index in [0.717, 1.165) is 34.0 Å². The van der Waals surface area contributed by atoms with Crippen molar-refractivity contribution < 1.29 is 9.53 Å². The summed E-state index contributed by atoms with van der Waals surface area (Å²) in [5, 5.41) is 8.76. The fourth-order valence-electron chi connectivity index (χ4n) is 3.16. The zero-order valence-corrected chi connectivity index (χ0v) is 16.9. The molecular weight excluding hydrogens is 384 g/mol. The molecule has 0 amide bonds. The van der Waals surface area contributed by atoms with Gasteiger partial charge in [-0.25, -0.2) is 14.0 Å². The molecule has 0 fully saturated rings. The first-order valence-corrected chi connectivity index (χ1v) is 11.2. The largest absolute Gasteiger partial charge is 0.381 e. The van der Waals surface area contributed by atoms with Crippen molar-refractivity contribution in [2.45, 2.75) is 11.4 Å². The molecule has 1 aliphatic rings. The van der Waals surface area contributed by atoms with Gasteiger partial charge in [0.2, 0.25) is 5.84 Å². The predicted octanol–water partition coefficient (Wildman–Crippen LogP) is 2.75. The van der Waals surface area contributed by atoms with Gasteiger partial charge in [-0.2, -0.15) is 0 Å². The minimum absolute atomic E-state index is 0.527. The maximum absolute atomic E-state index is 12.0. The second-order valence-electron chi connectivity index (χ2n) is 6.91. The highest BCUT2D eigenvalue weighted by Gasteiger charge is 2.18. The van der Waals surface area contributed by atoms with Crippen LogP contribution in [0.5, 0.6) is 0 Å². The van der Waals surface area contributed by atoms with E-state index in [2.05, 4.69) is 32.7 Å². The number of benzene rings is 2. The molecule has 0 bridgehead atoms. The van der Waals surface area contributed by atoms with Crippen molar-refractivity contribution in [3.8, 4) is 0 Å². The van der Waals surface area contributed by atoms with Crippen LogP contribution in [0.2, 0.25) is 0 Å². The molecule has 8 heteroatoms. The summed E-state index contributed by atoms with van der Waals surface area (Å²) in [7, 11) is -2.71. The Labute approximate surface area is 170 Å². The summed E-state index contributed by atoms with van der Waals surface area (Å²) >= 11 is 0. The van der Waals surface area contributed by atoms with Gasteiger partial charge in [0, 0.05) is 35.6 Å². The van der Waals surface area contributed by atoms with E-state index in [0.29, 0.717) is 18.1 Å². The van der Waals surface area contributed by atoms with Gasteiger partial charge in [-0.15, -0.1) is 0 Å². The number of amidine groups is 1. The van der Waals surface area contributed by atoms with Crippen LogP contribution >= 0.6 is 0 Å². The van der Waals surface area contributed by atoms with Crippen LogP contribution < -0.4 is 16.0 Å². The Kier molecular flexibility index (Phi) is 5.28. The Bertz CT molecular complexity index is 1160. The van der Waals surface area contributed by atoms with Gasteiger partial charge < -0.3 is 10.6 Å². The topological polar surface area (TPSA) is 107 Å². The SMILES string of the molecule is CS(=N)(=O)c1cccc(CNc2ccc3c(c2)NCN=C3[NH2+]c2cccnc2)c1. The monoisotopic (exact) mass is 407 g/mol. The van der Waals surface area contributed by atoms with E-state index in [9.17, 15) is 4.21 Å². The summed E-state index contributed by atoms with van der Waals surface area (Å²) in [6.07, 6.45) is 5.02. The van der Waals surface area contributed by atoms with Crippen LogP contribution in [0.4, 0.5) is 17.1 Å². The fraction of sp³-hybridized carbons (Fsp3) is 0.143. The highest BCUT2D eigenvalue weighted by molar-refractivity contribution is 7.91. The molecule has 0 spiro atoms. The number of pyridine rings is 1.